The Morgan fingerprint density at radius 1 is 1.45 bits per heavy atom. The van der Waals surface area contributed by atoms with Crippen LogP contribution in [-0.2, 0) is 22.4 Å². The van der Waals surface area contributed by atoms with E-state index in [0.29, 0.717) is 13.0 Å². The van der Waals surface area contributed by atoms with Gasteiger partial charge >= 0.3 is 5.97 Å². The molecule has 20 heavy (non-hydrogen) atoms. The lowest BCUT2D eigenvalue weighted by Gasteiger charge is -2.22. The maximum absolute atomic E-state index is 11.8. The molecule has 1 aliphatic heterocycles. The van der Waals surface area contributed by atoms with Crippen molar-refractivity contribution in [1.82, 2.24) is 5.32 Å². The van der Waals surface area contributed by atoms with E-state index in [2.05, 4.69) is 5.32 Å². The third-order valence-corrected chi connectivity index (χ3v) is 3.87. The van der Waals surface area contributed by atoms with Gasteiger partial charge in [-0.3, -0.25) is 9.59 Å². The Kier molecular flexibility index (Phi) is 3.97. The maximum Gasteiger partial charge on any atom is 0.318 e. The first-order valence-corrected chi connectivity index (χ1v) is 6.67. The number of ether oxygens (including phenoxy) is 1. The van der Waals surface area contributed by atoms with Crippen LogP contribution < -0.4 is 10.1 Å². The van der Waals surface area contributed by atoms with Gasteiger partial charge in [-0.15, -0.1) is 0 Å². The number of hydrogen-bond acceptors (Lipinski definition) is 3. The minimum Gasteiger partial charge on any atom is -0.493 e. The van der Waals surface area contributed by atoms with Gasteiger partial charge < -0.3 is 15.2 Å². The number of carboxylic acid groups (broad SMARTS) is 1. The average molecular weight is 277 g/mol. The van der Waals surface area contributed by atoms with E-state index in [1.807, 2.05) is 18.2 Å². The number of rotatable bonds is 5. The summed E-state index contributed by atoms with van der Waals surface area (Å²) in [5.74, 6) is -0.656. The van der Waals surface area contributed by atoms with Crippen LogP contribution in [0.15, 0.2) is 18.2 Å². The van der Waals surface area contributed by atoms with Crippen molar-refractivity contribution in [2.75, 3.05) is 13.7 Å². The summed E-state index contributed by atoms with van der Waals surface area (Å²) in [6.07, 6.45) is 1.69. The number of carbonyl (C=O) groups is 2. The fourth-order valence-corrected chi connectivity index (χ4v) is 2.38. The molecule has 0 aliphatic carbocycles. The van der Waals surface area contributed by atoms with E-state index >= 15 is 0 Å². The van der Waals surface area contributed by atoms with Crippen LogP contribution in [0.3, 0.4) is 0 Å². The molecule has 1 aliphatic rings. The number of carboxylic acids is 1. The summed E-state index contributed by atoms with van der Waals surface area (Å²) in [5, 5.41) is 11.7. The van der Waals surface area contributed by atoms with E-state index in [1.165, 1.54) is 14.0 Å². The minimum absolute atomic E-state index is 0.266. The van der Waals surface area contributed by atoms with Crippen LogP contribution in [0.5, 0.6) is 5.75 Å². The van der Waals surface area contributed by atoms with Crippen LogP contribution >= 0.6 is 0 Å². The van der Waals surface area contributed by atoms with Crippen LogP contribution in [0.25, 0.3) is 0 Å². The molecule has 0 fully saturated rings. The number of fused-ring (bicyclic) bond motifs is 1. The lowest BCUT2D eigenvalue weighted by Crippen LogP contribution is -2.43. The van der Waals surface area contributed by atoms with Gasteiger partial charge in [-0.1, -0.05) is 12.1 Å². The van der Waals surface area contributed by atoms with Crippen molar-refractivity contribution >= 4 is 11.9 Å². The fraction of sp³-hybridized carbons (Fsp3) is 0.467. The number of carbonyl (C=O) groups excluding carboxylic acids is 1. The van der Waals surface area contributed by atoms with Gasteiger partial charge in [0.25, 0.3) is 0 Å². The molecule has 1 aromatic carbocycles. The highest BCUT2D eigenvalue weighted by atomic mass is 16.5. The smallest absolute Gasteiger partial charge is 0.318 e. The zero-order chi connectivity index (χ0) is 14.8. The Balaban J connectivity index is 2.10. The molecule has 1 atom stereocenters. The summed E-state index contributed by atoms with van der Waals surface area (Å²) in [4.78, 5) is 23.1. The molecule has 1 heterocycles. The van der Waals surface area contributed by atoms with Gasteiger partial charge in [0.05, 0.1) is 6.61 Å². The van der Waals surface area contributed by atoms with Crippen LogP contribution in [-0.4, -0.2) is 30.6 Å². The summed E-state index contributed by atoms with van der Waals surface area (Å²) in [7, 11) is 1.45. The highest BCUT2D eigenvalue weighted by Crippen LogP contribution is 2.29. The predicted molar refractivity (Wildman–Crippen MR) is 73.8 cm³/mol. The van der Waals surface area contributed by atoms with Gasteiger partial charge in [0, 0.05) is 13.5 Å². The van der Waals surface area contributed by atoms with Crippen molar-refractivity contribution in [3.63, 3.8) is 0 Å². The molecule has 0 radical (unpaired) electrons. The SMILES string of the molecule is CNC(=O)C(C)(CCc1ccc2c(c1)CCO2)C(=O)O. The lowest BCUT2D eigenvalue weighted by atomic mass is 9.83. The molecule has 2 N–H and O–H groups in total. The molecule has 0 spiro atoms. The molecule has 1 unspecified atom stereocenters. The summed E-state index contributed by atoms with van der Waals surface area (Å²) in [5.41, 5.74) is 0.787. The minimum atomic E-state index is -1.40. The van der Waals surface area contributed by atoms with Crippen molar-refractivity contribution in [2.24, 2.45) is 5.41 Å². The first-order valence-electron chi connectivity index (χ1n) is 6.67. The molecule has 108 valence electrons. The quantitative estimate of drug-likeness (QED) is 0.797. The highest BCUT2D eigenvalue weighted by Gasteiger charge is 2.40. The average Bonchev–Trinajstić information content (AvgIpc) is 2.90. The summed E-state index contributed by atoms with van der Waals surface area (Å²) in [6, 6.07) is 5.88. The first-order chi connectivity index (χ1) is 9.47. The van der Waals surface area contributed by atoms with Crippen molar-refractivity contribution in [2.45, 2.75) is 26.2 Å². The number of amides is 1. The predicted octanol–water partition coefficient (Wildman–Crippen LogP) is 1.39. The second kappa shape index (κ2) is 5.53. The standard InChI is InChI=1S/C15H19NO4/c1-15(14(18)19,13(17)16-2)7-5-10-3-4-12-11(9-10)6-8-20-12/h3-4,9H,5-8H2,1-2H3,(H,16,17)(H,18,19). The van der Waals surface area contributed by atoms with E-state index in [1.54, 1.807) is 0 Å². The molecule has 0 aromatic heterocycles. The van der Waals surface area contributed by atoms with E-state index in [0.717, 1.165) is 23.3 Å². The van der Waals surface area contributed by atoms with Gasteiger partial charge in [-0.25, -0.2) is 0 Å². The van der Waals surface area contributed by atoms with Gasteiger partial charge in [0.2, 0.25) is 5.91 Å². The molecule has 5 heteroatoms. The molecule has 0 saturated heterocycles. The highest BCUT2D eigenvalue weighted by molar-refractivity contribution is 6.01. The Morgan fingerprint density at radius 2 is 2.20 bits per heavy atom. The zero-order valence-corrected chi connectivity index (χ0v) is 11.7. The largest absolute Gasteiger partial charge is 0.493 e. The second-order valence-electron chi connectivity index (χ2n) is 5.26. The van der Waals surface area contributed by atoms with Gasteiger partial charge in [0.1, 0.15) is 11.2 Å². The first kappa shape index (κ1) is 14.4. The molecule has 5 nitrogen and oxygen atoms in total. The third-order valence-electron chi connectivity index (χ3n) is 3.87. The Morgan fingerprint density at radius 3 is 2.85 bits per heavy atom. The number of benzene rings is 1. The molecular weight excluding hydrogens is 258 g/mol. The van der Waals surface area contributed by atoms with E-state index in [9.17, 15) is 14.7 Å². The van der Waals surface area contributed by atoms with Gasteiger partial charge in [0.15, 0.2) is 0 Å². The third kappa shape index (κ3) is 2.61. The number of nitrogens with one attached hydrogen (secondary N) is 1. The Labute approximate surface area is 117 Å². The van der Waals surface area contributed by atoms with E-state index in [4.69, 9.17) is 4.74 Å². The molecule has 1 aromatic rings. The Bertz CT molecular complexity index is 541. The number of aryl methyl sites for hydroxylation is 1. The fourth-order valence-electron chi connectivity index (χ4n) is 2.38. The molecule has 2 rings (SSSR count). The van der Waals surface area contributed by atoms with E-state index in [-0.39, 0.29) is 6.42 Å². The zero-order valence-electron chi connectivity index (χ0n) is 11.7. The molecule has 0 bridgehead atoms. The number of hydrogen-bond donors (Lipinski definition) is 2. The van der Waals surface area contributed by atoms with Crippen molar-refractivity contribution < 1.29 is 19.4 Å². The van der Waals surface area contributed by atoms with Gasteiger partial charge in [-0.2, -0.15) is 0 Å². The molecular formula is C15H19NO4. The monoisotopic (exact) mass is 277 g/mol. The Hall–Kier alpha value is -2.04. The van der Waals surface area contributed by atoms with E-state index < -0.39 is 17.3 Å². The topological polar surface area (TPSA) is 75.6 Å². The maximum atomic E-state index is 11.8. The summed E-state index contributed by atoms with van der Waals surface area (Å²) in [6.45, 7) is 2.16. The summed E-state index contributed by atoms with van der Waals surface area (Å²) < 4.78 is 5.43. The van der Waals surface area contributed by atoms with Crippen LogP contribution in [0, 0.1) is 5.41 Å². The summed E-state index contributed by atoms with van der Waals surface area (Å²) >= 11 is 0. The van der Waals surface area contributed by atoms with Crippen molar-refractivity contribution in [1.29, 1.82) is 0 Å². The number of aliphatic carboxylic acids is 1. The lowest BCUT2D eigenvalue weighted by molar-refractivity contribution is -0.154. The molecule has 1 amide bonds. The van der Waals surface area contributed by atoms with Crippen molar-refractivity contribution in [3.05, 3.63) is 29.3 Å². The second-order valence-corrected chi connectivity index (χ2v) is 5.26. The van der Waals surface area contributed by atoms with Crippen molar-refractivity contribution in [3.8, 4) is 5.75 Å². The normalized spacial score (nSPS) is 15.9. The van der Waals surface area contributed by atoms with Crippen LogP contribution in [0.4, 0.5) is 0 Å². The van der Waals surface area contributed by atoms with Gasteiger partial charge in [-0.05, 0) is 37.0 Å². The van der Waals surface area contributed by atoms with Crippen LogP contribution in [0.1, 0.15) is 24.5 Å². The van der Waals surface area contributed by atoms with Crippen LogP contribution in [0.2, 0.25) is 0 Å². The molecule has 0 saturated carbocycles.